The minimum atomic E-state index is 0.299. The van der Waals surface area contributed by atoms with Crippen molar-refractivity contribution in [2.45, 2.75) is 6.92 Å². The van der Waals surface area contributed by atoms with E-state index in [-0.39, 0.29) is 0 Å². The largest absolute Gasteiger partial charge is 0.499 e. The third-order valence-corrected chi connectivity index (χ3v) is 2.98. The van der Waals surface area contributed by atoms with Crippen molar-refractivity contribution in [1.29, 1.82) is 5.26 Å². The summed E-state index contributed by atoms with van der Waals surface area (Å²) in [6.07, 6.45) is 0. The summed E-state index contributed by atoms with van der Waals surface area (Å²) in [7, 11) is 0. The summed E-state index contributed by atoms with van der Waals surface area (Å²) in [4.78, 5) is 0. The average molecular weight is 189 g/mol. The molecule has 0 bridgehead atoms. The Morgan fingerprint density at radius 3 is 2.92 bits per heavy atom. The van der Waals surface area contributed by atoms with Crippen LogP contribution in [0, 0.1) is 18.3 Å². The Morgan fingerprint density at radius 2 is 2.23 bits per heavy atom. The number of fused-ring (bicyclic) bond motifs is 1. The van der Waals surface area contributed by atoms with Crippen molar-refractivity contribution >= 4 is 21.4 Å². The summed E-state index contributed by atoms with van der Waals surface area (Å²) in [5.41, 5.74) is 1.61. The van der Waals surface area contributed by atoms with Crippen molar-refractivity contribution in [1.82, 2.24) is 0 Å². The number of nitrogens with zero attached hydrogens (tertiary/aromatic N) is 1. The number of aryl methyl sites for hydroxylation is 1. The molecule has 0 aliphatic rings. The maximum absolute atomic E-state index is 9.28. The smallest absolute Gasteiger partial charge is 0.172 e. The Labute approximate surface area is 79.7 Å². The number of hydrogen-bond acceptors (Lipinski definition) is 3. The summed E-state index contributed by atoms with van der Waals surface area (Å²) in [5.74, 6) is 0. The van der Waals surface area contributed by atoms with Gasteiger partial charge in [0.25, 0.3) is 0 Å². The number of thiophene rings is 1. The van der Waals surface area contributed by atoms with E-state index < -0.39 is 0 Å². The van der Waals surface area contributed by atoms with Crippen LogP contribution in [-0.2, 0) is 0 Å². The van der Waals surface area contributed by atoms with Crippen molar-refractivity contribution in [3.63, 3.8) is 0 Å². The minimum Gasteiger partial charge on any atom is -0.499 e. The van der Waals surface area contributed by atoms with Crippen LogP contribution in [-0.4, -0.2) is 5.11 Å². The van der Waals surface area contributed by atoms with E-state index in [2.05, 4.69) is 6.07 Å². The zero-order valence-electron chi connectivity index (χ0n) is 7.03. The molecule has 0 atom stereocenters. The molecule has 0 aliphatic heterocycles. The molecule has 2 aromatic rings. The van der Waals surface area contributed by atoms with Crippen molar-refractivity contribution in [3.8, 4) is 11.1 Å². The first-order chi connectivity index (χ1) is 6.22. The SMILES string of the molecule is Cc1c(C#N)ccc2sc(O)cc12. The summed E-state index contributed by atoms with van der Waals surface area (Å²) in [6.45, 7) is 1.90. The fourth-order valence-corrected chi connectivity index (χ4v) is 2.22. The van der Waals surface area contributed by atoms with Crippen LogP contribution >= 0.6 is 11.3 Å². The number of nitriles is 1. The first kappa shape index (κ1) is 8.09. The van der Waals surface area contributed by atoms with E-state index in [1.54, 1.807) is 12.1 Å². The van der Waals surface area contributed by atoms with E-state index >= 15 is 0 Å². The standard InChI is InChI=1S/C10H7NOS/c1-6-7(5-11)2-3-9-8(6)4-10(12)13-9/h2-4,12H,1H3. The van der Waals surface area contributed by atoms with Gasteiger partial charge in [-0.25, -0.2) is 0 Å². The molecule has 1 heterocycles. The van der Waals surface area contributed by atoms with Crippen LogP contribution < -0.4 is 0 Å². The summed E-state index contributed by atoms with van der Waals surface area (Å²) in [5, 5.41) is 19.3. The Bertz CT molecular complexity index is 507. The van der Waals surface area contributed by atoms with Crippen molar-refractivity contribution in [2.24, 2.45) is 0 Å². The van der Waals surface area contributed by atoms with Crippen LogP contribution in [0.4, 0.5) is 0 Å². The summed E-state index contributed by atoms with van der Waals surface area (Å²) >= 11 is 1.33. The van der Waals surface area contributed by atoms with Crippen molar-refractivity contribution in [2.75, 3.05) is 0 Å². The molecule has 3 heteroatoms. The molecule has 2 rings (SSSR count). The molecular formula is C10H7NOS. The van der Waals surface area contributed by atoms with Gasteiger partial charge in [-0.15, -0.1) is 0 Å². The second-order valence-corrected chi connectivity index (χ2v) is 3.91. The zero-order chi connectivity index (χ0) is 9.42. The van der Waals surface area contributed by atoms with Crippen LogP contribution in [0.25, 0.3) is 10.1 Å². The van der Waals surface area contributed by atoms with E-state index in [1.807, 2.05) is 13.0 Å². The quantitative estimate of drug-likeness (QED) is 0.692. The molecule has 0 spiro atoms. The molecule has 0 amide bonds. The Hall–Kier alpha value is -1.53. The molecule has 64 valence electrons. The second-order valence-electron chi connectivity index (χ2n) is 2.85. The molecule has 13 heavy (non-hydrogen) atoms. The number of hydrogen-bond donors (Lipinski definition) is 1. The van der Waals surface area contributed by atoms with Gasteiger partial charge in [0, 0.05) is 10.1 Å². The highest BCUT2D eigenvalue weighted by Gasteiger charge is 2.06. The molecule has 0 fully saturated rings. The Kier molecular flexibility index (Phi) is 1.71. The van der Waals surface area contributed by atoms with Gasteiger partial charge in [-0.05, 0) is 30.7 Å². The van der Waals surface area contributed by atoms with E-state index in [9.17, 15) is 5.11 Å². The van der Waals surface area contributed by atoms with Gasteiger partial charge in [-0.2, -0.15) is 5.26 Å². The lowest BCUT2D eigenvalue weighted by atomic mass is 10.1. The molecule has 2 nitrogen and oxygen atoms in total. The van der Waals surface area contributed by atoms with E-state index in [1.165, 1.54) is 11.3 Å². The molecule has 0 radical (unpaired) electrons. The van der Waals surface area contributed by atoms with Gasteiger partial charge in [-0.3, -0.25) is 0 Å². The summed E-state index contributed by atoms with van der Waals surface area (Å²) < 4.78 is 1.02. The number of benzene rings is 1. The van der Waals surface area contributed by atoms with Crippen LogP contribution in [0.2, 0.25) is 0 Å². The Morgan fingerprint density at radius 1 is 1.46 bits per heavy atom. The molecule has 0 unspecified atom stereocenters. The maximum Gasteiger partial charge on any atom is 0.172 e. The van der Waals surface area contributed by atoms with Crippen LogP contribution in [0.3, 0.4) is 0 Å². The third-order valence-electron chi connectivity index (χ3n) is 2.08. The number of aromatic hydroxyl groups is 1. The van der Waals surface area contributed by atoms with Crippen molar-refractivity contribution in [3.05, 3.63) is 29.3 Å². The van der Waals surface area contributed by atoms with Crippen molar-refractivity contribution < 1.29 is 5.11 Å². The molecular weight excluding hydrogens is 182 g/mol. The molecule has 0 saturated heterocycles. The first-order valence-corrected chi connectivity index (χ1v) is 4.66. The maximum atomic E-state index is 9.28. The molecule has 1 N–H and O–H groups in total. The van der Waals surface area contributed by atoms with Gasteiger partial charge in [-0.1, -0.05) is 11.3 Å². The van der Waals surface area contributed by atoms with Crippen LogP contribution in [0.1, 0.15) is 11.1 Å². The molecule has 1 aromatic carbocycles. The lowest BCUT2D eigenvalue weighted by Crippen LogP contribution is -1.80. The lowest BCUT2D eigenvalue weighted by Gasteiger charge is -1.96. The van der Waals surface area contributed by atoms with Gasteiger partial charge < -0.3 is 5.11 Å². The third kappa shape index (κ3) is 1.16. The van der Waals surface area contributed by atoms with E-state index in [4.69, 9.17) is 5.26 Å². The molecule has 0 aliphatic carbocycles. The first-order valence-electron chi connectivity index (χ1n) is 3.84. The monoisotopic (exact) mass is 189 g/mol. The topological polar surface area (TPSA) is 44.0 Å². The molecule has 1 aromatic heterocycles. The normalized spacial score (nSPS) is 10.2. The second kappa shape index (κ2) is 2.75. The van der Waals surface area contributed by atoms with Gasteiger partial charge in [0.05, 0.1) is 11.6 Å². The summed E-state index contributed by atoms with van der Waals surface area (Å²) in [6, 6.07) is 7.48. The minimum absolute atomic E-state index is 0.299. The number of rotatable bonds is 0. The molecule has 0 saturated carbocycles. The predicted molar refractivity (Wildman–Crippen MR) is 52.9 cm³/mol. The lowest BCUT2D eigenvalue weighted by molar-refractivity contribution is 0.491. The van der Waals surface area contributed by atoms with Crippen LogP contribution in [0.5, 0.6) is 5.06 Å². The highest BCUT2D eigenvalue weighted by atomic mass is 32.1. The van der Waals surface area contributed by atoms with Gasteiger partial charge >= 0.3 is 0 Å². The zero-order valence-corrected chi connectivity index (χ0v) is 7.85. The Balaban J connectivity index is 2.87. The van der Waals surface area contributed by atoms with E-state index in [0.717, 1.165) is 15.6 Å². The fraction of sp³-hybridized carbons (Fsp3) is 0.100. The van der Waals surface area contributed by atoms with Gasteiger partial charge in [0.15, 0.2) is 5.06 Å². The fourth-order valence-electron chi connectivity index (χ4n) is 1.36. The van der Waals surface area contributed by atoms with Gasteiger partial charge in [0.1, 0.15) is 0 Å². The predicted octanol–water partition coefficient (Wildman–Crippen LogP) is 2.79. The highest BCUT2D eigenvalue weighted by molar-refractivity contribution is 7.20. The van der Waals surface area contributed by atoms with Crippen LogP contribution in [0.15, 0.2) is 18.2 Å². The average Bonchev–Trinajstić information content (AvgIpc) is 2.47. The van der Waals surface area contributed by atoms with Gasteiger partial charge in [0.2, 0.25) is 0 Å². The highest BCUT2D eigenvalue weighted by Crippen LogP contribution is 2.33. The van der Waals surface area contributed by atoms with E-state index in [0.29, 0.717) is 10.6 Å².